The molecule has 0 saturated carbocycles. The van der Waals surface area contributed by atoms with Crippen LogP contribution in [0.2, 0.25) is 0 Å². The van der Waals surface area contributed by atoms with Crippen molar-refractivity contribution >= 4 is 34.8 Å². The molecule has 0 unspecified atom stereocenters. The molecular formula is C27H26O10. The van der Waals surface area contributed by atoms with Gasteiger partial charge in [0.2, 0.25) is 11.2 Å². The lowest BCUT2D eigenvalue weighted by Gasteiger charge is -2.11. The summed E-state index contributed by atoms with van der Waals surface area (Å²) in [6.45, 7) is 0. The molecular weight excluding hydrogens is 484 g/mol. The summed E-state index contributed by atoms with van der Waals surface area (Å²) < 4.78 is 16.6. The Bertz CT molecular complexity index is 1340. The summed E-state index contributed by atoms with van der Waals surface area (Å²) in [5.41, 5.74) is 0.158. The Labute approximate surface area is 211 Å². The van der Waals surface area contributed by atoms with Gasteiger partial charge in [0.25, 0.3) is 0 Å². The Morgan fingerprint density at radius 2 is 1.24 bits per heavy atom. The van der Waals surface area contributed by atoms with E-state index in [2.05, 4.69) is 0 Å². The van der Waals surface area contributed by atoms with Gasteiger partial charge in [-0.05, 0) is 62.1 Å². The summed E-state index contributed by atoms with van der Waals surface area (Å²) >= 11 is 0. The third kappa shape index (κ3) is 8.03. The van der Waals surface area contributed by atoms with E-state index in [1.54, 1.807) is 36.4 Å². The molecule has 0 aliphatic heterocycles. The number of hydrogen-bond acceptors (Lipinski definition) is 8. The number of para-hydroxylation sites is 1. The van der Waals surface area contributed by atoms with E-state index in [1.165, 1.54) is 12.1 Å². The highest BCUT2D eigenvalue weighted by atomic mass is 16.5. The predicted octanol–water partition coefficient (Wildman–Crippen LogP) is 4.56. The van der Waals surface area contributed by atoms with Crippen molar-refractivity contribution in [2.45, 2.75) is 51.4 Å². The van der Waals surface area contributed by atoms with Gasteiger partial charge in [-0.25, -0.2) is 0 Å². The van der Waals surface area contributed by atoms with Crippen molar-refractivity contribution in [1.82, 2.24) is 0 Å². The highest BCUT2D eigenvalue weighted by Gasteiger charge is 2.20. The number of hydrogen-bond donors (Lipinski definition) is 2. The molecule has 194 valence electrons. The molecule has 0 atom stereocenters. The average Bonchev–Trinajstić information content (AvgIpc) is 2.86. The Kier molecular flexibility index (Phi) is 9.54. The lowest BCUT2D eigenvalue weighted by atomic mass is 10.1. The number of carboxylic acid groups (broad SMARTS) is 2. The van der Waals surface area contributed by atoms with Gasteiger partial charge in [-0.1, -0.05) is 12.1 Å². The van der Waals surface area contributed by atoms with Gasteiger partial charge in [-0.2, -0.15) is 0 Å². The van der Waals surface area contributed by atoms with Gasteiger partial charge in [-0.15, -0.1) is 0 Å². The van der Waals surface area contributed by atoms with Crippen molar-refractivity contribution in [1.29, 1.82) is 0 Å². The van der Waals surface area contributed by atoms with E-state index in [-0.39, 0.29) is 54.7 Å². The zero-order valence-corrected chi connectivity index (χ0v) is 19.9. The molecule has 0 saturated heterocycles. The van der Waals surface area contributed by atoms with Crippen molar-refractivity contribution in [3.63, 3.8) is 0 Å². The first-order valence-electron chi connectivity index (χ1n) is 11.8. The number of ether oxygens (including phenoxy) is 2. The number of aliphatic carboxylic acids is 2. The number of carbonyl (C=O) groups is 4. The van der Waals surface area contributed by atoms with Crippen LogP contribution >= 0.6 is 0 Å². The van der Waals surface area contributed by atoms with E-state index in [1.807, 2.05) is 0 Å². The molecule has 10 nitrogen and oxygen atoms in total. The second-order valence-electron chi connectivity index (χ2n) is 8.26. The molecule has 0 aliphatic rings. The van der Waals surface area contributed by atoms with Crippen LogP contribution in [0.3, 0.4) is 0 Å². The number of benzene rings is 2. The number of rotatable bonds is 13. The Morgan fingerprint density at radius 1 is 0.703 bits per heavy atom. The maximum absolute atomic E-state index is 13.1. The van der Waals surface area contributed by atoms with Crippen LogP contribution in [0.4, 0.5) is 0 Å². The standard InChI is InChI=1S/C27H26O10/c28-21(29)9-3-5-11-23(32)35-18-15-13-17(14-16-18)26-27(37-24(33)12-6-4-10-22(30)31)25(34)19-7-1-2-8-20(19)36-26/h1-2,7-8,13-16H,3-6,9-12H2,(H,28,29)(H,30,31). The molecule has 0 spiro atoms. The van der Waals surface area contributed by atoms with E-state index >= 15 is 0 Å². The minimum atomic E-state index is -0.960. The monoisotopic (exact) mass is 510 g/mol. The van der Waals surface area contributed by atoms with Crippen molar-refractivity contribution < 1.29 is 43.3 Å². The lowest BCUT2D eigenvalue weighted by Crippen LogP contribution is -2.16. The predicted molar refractivity (Wildman–Crippen MR) is 131 cm³/mol. The smallest absolute Gasteiger partial charge is 0.311 e. The Balaban J connectivity index is 1.78. The van der Waals surface area contributed by atoms with Crippen molar-refractivity contribution in [3.8, 4) is 22.8 Å². The summed E-state index contributed by atoms with van der Waals surface area (Å²) in [5, 5.41) is 17.6. The third-order valence-corrected chi connectivity index (χ3v) is 5.36. The summed E-state index contributed by atoms with van der Waals surface area (Å²) in [5.74, 6) is -3.10. The number of carbonyl (C=O) groups excluding carboxylic acids is 2. The summed E-state index contributed by atoms with van der Waals surface area (Å²) in [6.07, 6.45) is 1.24. The minimum Gasteiger partial charge on any atom is -0.481 e. The zero-order valence-electron chi connectivity index (χ0n) is 19.9. The van der Waals surface area contributed by atoms with Gasteiger partial charge in [-0.3, -0.25) is 24.0 Å². The van der Waals surface area contributed by atoms with E-state index in [0.29, 0.717) is 30.4 Å². The fourth-order valence-corrected chi connectivity index (χ4v) is 3.52. The molecule has 0 amide bonds. The maximum atomic E-state index is 13.1. The number of fused-ring (bicyclic) bond motifs is 1. The van der Waals surface area contributed by atoms with Gasteiger partial charge in [0.1, 0.15) is 11.3 Å². The molecule has 0 fully saturated rings. The summed E-state index contributed by atoms with van der Waals surface area (Å²) in [7, 11) is 0. The Hall–Kier alpha value is -4.47. The first-order valence-corrected chi connectivity index (χ1v) is 11.8. The number of carboxylic acids is 2. The molecule has 1 heterocycles. The van der Waals surface area contributed by atoms with E-state index in [4.69, 9.17) is 24.1 Å². The zero-order chi connectivity index (χ0) is 26.8. The largest absolute Gasteiger partial charge is 0.481 e. The van der Waals surface area contributed by atoms with Gasteiger partial charge in [0.15, 0.2) is 5.76 Å². The van der Waals surface area contributed by atoms with Crippen LogP contribution in [0.5, 0.6) is 11.5 Å². The van der Waals surface area contributed by atoms with Crippen LogP contribution in [-0.4, -0.2) is 34.1 Å². The van der Waals surface area contributed by atoms with Crippen LogP contribution in [0.25, 0.3) is 22.3 Å². The SMILES string of the molecule is O=C(O)CCCCC(=O)Oc1ccc(-c2oc3ccccc3c(=O)c2OC(=O)CCCCC(=O)O)cc1. The fourth-order valence-electron chi connectivity index (χ4n) is 3.52. The topological polar surface area (TPSA) is 157 Å². The molecule has 2 N–H and O–H groups in total. The normalized spacial score (nSPS) is 10.7. The lowest BCUT2D eigenvalue weighted by molar-refractivity contribution is -0.138. The highest BCUT2D eigenvalue weighted by molar-refractivity contribution is 5.84. The van der Waals surface area contributed by atoms with E-state index < -0.39 is 29.3 Å². The number of unbranched alkanes of at least 4 members (excludes halogenated alkanes) is 2. The fraction of sp³-hybridized carbons (Fsp3) is 0.296. The maximum Gasteiger partial charge on any atom is 0.311 e. The van der Waals surface area contributed by atoms with Crippen LogP contribution in [0.1, 0.15) is 51.4 Å². The van der Waals surface area contributed by atoms with Crippen LogP contribution < -0.4 is 14.9 Å². The Morgan fingerprint density at radius 3 is 1.84 bits per heavy atom. The molecule has 10 heteroatoms. The minimum absolute atomic E-state index is 0.0197. The quantitative estimate of drug-likeness (QED) is 0.190. The van der Waals surface area contributed by atoms with Gasteiger partial charge in [0, 0.05) is 31.2 Å². The highest BCUT2D eigenvalue weighted by Crippen LogP contribution is 2.32. The van der Waals surface area contributed by atoms with Crippen molar-refractivity contribution in [3.05, 3.63) is 58.8 Å². The average molecular weight is 510 g/mol. The van der Waals surface area contributed by atoms with Crippen molar-refractivity contribution in [2.75, 3.05) is 0 Å². The van der Waals surface area contributed by atoms with E-state index in [0.717, 1.165) is 0 Å². The molecule has 0 bridgehead atoms. The molecule has 3 rings (SSSR count). The summed E-state index contributed by atoms with van der Waals surface area (Å²) in [6, 6.07) is 12.6. The van der Waals surface area contributed by atoms with Crippen LogP contribution in [-0.2, 0) is 19.2 Å². The van der Waals surface area contributed by atoms with Gasteiger partial charge < -0.3 is 24.1 Å². The van der Waals surface area contributed by atoms with Gasteiger partial charge >= 0.3 is 23.9 Å². The van der Waals surface area contributed by atoms with Crippen molar-refractivity contribution in [2.24, 2.45) is 0 Å². The summed E-state index contributed by atoms with van der Waals surface area (Å²) in [4.78, 5) is 58.8. The molecule has 0 radical (unpaired) electrons. The number of esters is 2. The second-order valence-corrected chi connectivity index (χ2v) is 8.26. The molecule has 2 aromatic carbocycles. The molecule has 37 heavy (non-hydrogen) atoms. The van der Waals surface area contributed by atoms with E-state index in [9.17, 15) is 24.0 Å². The molecule has 3 aromatic rings. The molecule has 1 aromatic heterocycles. The third-order valence-electron chi connectivity index (χ3n) is 5.36. The van der Waals surface area contributed by atoms with Crippen LogP contribution in [0.15, 0.2) is 57.7 Å². The first kappa shape index (κ1) is 27.1. The van der Waals surface area contributed by atoms with Gasteiger partial charge in [0.05, 0.1) is 5.39 Å². The van der Waals surface area contributed by atoms with Crippen LogP contribution in [0, 0.1) is 0 Å². The molecule has 0 aliphatic carbocycles. The second kappa shape index (κ2) is 13.0. The first-order chi connectivity index (χ1) is 17.7.